The first-order chi connectivity index (χ1) is 23.6. The van der Waals surface area contributed by atoms with E-state index in [1.165, 1.54) is 11.1 Å². The summed E-state index contributed by atoms with van der Waals surface area (Å²) in [6.07, 6.45) is 10.8. The van der Waals surface area contributed by atoms with Gasteiger partial charge in [-0.05, 0) is 94.9 Å². The fourth-order valence-electron chi connectivity index (χ4n) is 5.49. The van der Waals surface area contributed by atoms with Crippen LogP contribution in [-0.2, 0) is 21.7 Å². The maximum Gasteiger partial charge on any atom is 0.275 e. The first-order valence-electron chi connectivity index (χ1n) is 18.0. The summed E-state index contributed by atoms with van der Waals surface area (Å²) in [6, 6.07) is 16.9. The van der Waals surface area contributed by atoms with Crippen LogP contribution >= 0.6 is 18.1 Å². The van der Waals surface area contributed by atoms with Crippen molar-refractivity contribution in [1.29, 1.82) is 0 Å². The van der Waals surface area contributed by atoms with Crippen LogP contribution in [0.5, 0.6) is 23.0 Å². The van der Waals surface area contributed by atoms with Crippen LogP contribution in [0.2, 0.25) is 0 Å². The molecule has 0 aliphatic rings. The maximum absolute atomic E-state index is 6.83. The van der Waals surface area contributed by atoms with Gasteiger partial charge in [0.05, 0.1) is 12.4 Å². The SMILES string of the molecule is CCC(C)(C)c1cc(-c2cc(C(C)(C)CC)cc(C(C)(C)CC)c2OPOc2cccnc2)c(OPOc2cccnc2)c(C(C)(C)CC)c1. The van der Waals surface area contributed by atoms with E-state index in [0.717, 1.165) is 59.4 Å². The molecule has 2 aromatic carbocycles. The van der Waals surface area contributed by atoms with Crippen molar-refractivity contribution in [2.24, 2.45) is 0 Å². The zero-order chi connectivity index (χ0) is 36.7. The van der Waals surface area contributed by atoms with E-state index in [1.54, 1.807) is 24.8 Å². The van der Waals surface area contributed by atoms with E-state index in [0.29, 0.717) is 11.5 Å². The molecule has 0 N–H and O–H groups in total. The molecule has 0 radical (unpaired) electrons. The van der Waals surface area contributed by atoms with Crippen molar-refractivity contribution >= 4 is 18.1 Å². The topological polar surface area (TPSA) is 62.7 Å². The first-order valence-corrected chi connectivity index (χ1v) is 19.6. The summed E-state index contributed by atoms with van der Waals surface area (Å²) >= 11 is 0. The highest BCUT2D eigenvalue weighted by atomic mass is 31.1. The highest BCUT2D eigenvalue weighted by Gasteiger charge is 2.34. The molecule has 270 valence electrons. The molecule has 2 atom stereocenters. The van der Waals surface area contributed by atoms with Crippen molar-refractivity contribution in [2.45, 2.75) is 130 Å². The Morgan fingerprint density at radius 3 is 1.16 bits per heavy atom. The van der Waals surface area contributed by atoms with E-state index < -0.39 is 0 Å². The number of benzene rings is 2. The second kappa shape index (κ2) is 16.4. The van der Waals surface area contributed by atoms with Crippen molar-refractivity contribution in [3.05, 3.63) is 95.6 Å². The summed E-state index contributed by atoms with van der Waals surface area (Å²) in [4.78, 5) is 8.46. The van der Waals surface area contributed by atoms with Crippen LogP contribution in [0.4, 0.5) is 0 Å². The van der Waals surface area contributed by atoms with Crippen LogP contribution in [0.15, 0.2) is 73.3 Å². The number of pyridine rings is 2. The van der Waals surface area contributed by atoms with E-state index in [2.05, 4.69) is 117 Å². The minimum absolute atomic E-state index is 0.0711. The monoisotopic (exact) mass is 716 g/mol. The van der Waals surface area contributed by atoms with Gasteiger partial charge in [-0.3, -0.25) is 9.97 Å². The number of nitrogens with zero attached hydrogens (tertiary/aromatic N) is 2. The Hall–Kier alpha value is -3.20. The van der Waals surface area contributed by atoms with E-state index in [1.807, 2.05) is 24.3 Å². The molecule has 0 saturated heterocycles. The predicted molar refractivity (Wildman–Crippen MR) is 213 cm³/mol. The van der Waals surface area contributed by atoms with Crippen LogP contribution in [0, 0.1) is 0 Å². The molecule has 0 fully saturated rings. The van der Waals surface area contributed by atoms with E-state index in [4.69, 9.17) is 18.1 Å². The van der Waals surface area contributed by atoms with Gasteiger partial charge in [-0.25, -0.2) is 0 Å². The lowest BCUT2D eigenvalue weighted by atomic mass is 9.72. The van der Waals surface area contributed by atoms with Crippen molar-refractivity contribution < 1.29 is 18.1 Å². The minimum atomic E-state index is -0.270. The van der Waals surface area contributed by atoms with Crippen molar-refractivity contribution in [2.75, 3.05) is 0 Å². The molecule has 2 aromatic heterocycles. The quantitative estimate of drug-likeness (QED) is 0.101. The molecular weight excluding hydrogens is 658 g/mol. The van der Waals surface area contributed by atoms with E-state index in [9.17, 15) is 0 Å². The van der Waals surface area contributed by atoms with Gasteiger partial charge in [0, 0.05) is 34.6 Å². The van der Waals surface area contributed by atoms with Crippen LogP contribution < -0.4 is 18.1 Å². The number of hydrogen-bond acceptors (Lipinski definition) is 6. The number of aromatic nitrogens is 2. The molecule has 0 bridgehead atoms. The Bertz CT molecular complexity index is 1580. The average molecular weight is 717 g/mol. The summed E-state index contributed by atoms with van der Waals surface area (Å²) in [7, 11) is -0.540. The van der Waals surface area contributed by atoms with Gasteiger partial charge in [-0.2, -0.15) is 0 Å². The van der Waals surface area contributed by atoms with Crippen molar-refractivity contribution in [1.82, 2.24) is 9.97 Å². The molecule has 50 heavy (non-hydrogen) atoms. The average Bonchev–Trinajstić information content (AvgIpc) is 3.12. The first kappa shape index (κ1) is 39.6. The maximum atomic E-state index is 6.83. The molecule has 0 aliphatic carbocycles. The lowest BCUT2D eigenvalue weighted by Crippen LogP contribution is -2.23. The van der Waals surface area contributed by atoms with Gasteiger partial charge in [0.15, 0.2) is 0 Å². The molecule has 0 spiro atoms. The summed E-state index contributed by atoms with van der Waals surface area (Å²) < 4.78 is 26.0. The summed E-state index contributed by atoms with van der Waals surface area (Å²) in [5.74, 6) is 2.98. The number of rotatable bonds is 17. The van der Waals surface area contributed by atoms with Gasteiger partial charge in [0.25, 0.3) is 18.1 Å². The Kier molecular flexibility index (Phi) is 13.0. The lowest BCUT2D eigenvalue weighted by Gasteiger charge is -2.34. The summed E-state index contributed by atoms with van der Waals surface area (Å²) in [5.41, 5.74) is 6.37. The Morgan fingerprint density at radius 1 is 0.500 bits per heavy atom. The molecule has 4 rings (SSSR count). The van der Waals surface area contributed by atoms with Crippen LogP contribution in [0.1, 0.15) is 131 Å². The van der Waals surface area contributed by atoms with Gasteiger partial charge < -0.3 is 18.1 Å². The summed E-state index contributed by atoms with van der Waals surface area (Å²) in [5, 5.41) is 0. The fraction of sp³-hybridized carbons (Fsp3) is 0.476. The van der Waals surface area contributed by atoms with Gasteiger partial charge in [-0.15, -0.1) is 0 Å². The van der Waals surface area contributed by atoms with Crippen molar-refractivity contribution in [3.63, 3.8) is 0 Å². The van der Waals surface area contributed by atoms with E-state index >= 15 is 0 Å². The van der Waals surface area contributed by atoms with Gasteiger partial charge >= 0.3 is 0 Å². The Balaban J connectivity index is 2.08. The standard InChI is InChI=1S/C42H58N2O4P2/c1-13-39(5,6)29-23-33(37(35(25-29)41(9,10)15-3)47-49-45-31-19-17-21-43-27-31)34-24-30(40(7,8)14-2)26-36(42(11,12)16-4)38(34)48-50-46-32-20-18-22-44-28-32/h17-28,49-50H,13-16H2,1-12H3. The minimum Gasteiger partial charge on any atom is -0.440 e. The molecule has 4 aromatic rings. The third-order valence-corrected chi connectivity index (χ3v) is 12.1. The number of hydrogen-bond donors (Lipinski definition) is 0. The normalized spacial score (nSPS) is 13.0. The third kappa shape index (κ3) is 9.17. The second-order valence-electron chi connectivity index (χ2n) is 15.7. The third-order valence-electron chi connectivity index (χ3n) is 10.9. The van der Waals surface area contributed by atoms with Crippen LogP contribution in [0.3, 0.4) is 0 Å². The smallest absolute Gasteiger partial charge is 0.275 e. The molecule has 2 heterocycles. The molecule has 0 aliphatic heterocycles. The van der Waals surface area contributed by atoms with Gasteiger partial charge in [0.1, 0.15) is 23.0 Å². The zero-order valence-corrected chi connectivity index (χ0v) is 34.3. The Labute approximate surface area is 305 Å². The molecular formula is C42H58N2O4P2. The van der Waals surface area contributed by atoms with E-state index in [-0.39, 0.29) is 39.7 Å². The molecule has 0 amide bonds. The molecule has 0 saturated carbocycles. The summed E-state index contributed by atoms with van der Waals surface area (Å²) in [6.45, 7) is 27.5. The predicted octanol–water partition coefficient (Wildman–Crippen LogP) is 12.8. The van der Waals surface area contributed by atoms with Gasteiger partial charge in [0.2, 0.25) is 0 Å². The molecule has 6 nitrogen and oxygen atoms in total. The highest BCUT2D eigenvalue weighted by Crippen LogP contribution is 2.52. The zero-order valence-electron chi connectivity index (χ0n) is 32.3. The largest absolute Gasteiger partial charge is 0.440 e. The van der Waals surface area contributed by atoms with Crippen LogP contribution in [-0.4, -0.2) is 9.97 Å². The molecule has 8 heteroatoms. The lowest BCUT2D eigenvalue weighted by molar-refractivity contribution is 0.455. The highest BCUT2D eigenvalue weighted by molar-refractivity contribution is 7.27. The molecule has 2 unspecified atom stereocenters. The van der Waals surface area contributed by atoms with Crippen molar-refractivity contribution in [3.8, 4) is 34.1 Å². The fourth-order valence-corrected chi connectivity index (χ4v) is 6.61. The van der Waals surface area contributed by atoms with Gasteiger partial charge in [-0.1, -0.05) is 95.2 Å². The Morgan fingerprint density at radius 2 is 0.860 bits per heavy atom. The second-order valence-corrected chi connectivity index (χ2v) is 16.9. The van der Waals surface area contributed by atoms with Crippen LogP contribution in [0.25, 0.3) is 11.1 Å².